The number of hydrogen-bond acceptors (Lipinski definition) is 5. The average Bonchev–Trinajstić information content (AvgIpc) is 2.64. The lowest BCUT2D eigenvalue weighted by atomic mass is 9.90. The second-order valence-corrected chi connectivity index (χ2v) is 6.88. The zero-order chi connectivity index (χ0) is 16.4. The first-order chi connectivity index (χ1) is 11.7. The average molecular weight is 369 g/mol. The van der Waals surface area contributed by atoms with E-state index in [1.807, 2.05) is 24.3 Å². The Morgan fingerprint density at radius 1 is 1.20 bits per heavy atom. The quantitative estimate of drug-likeness (QED) is 0.878. The molecule has 1 unspecified atom stereocenters. The Bertz CT molecular complexity index is 592. The SMILES string of the molecule is Cl.O=C1COC2(CCN(CCC3COc4ccccc4O3)CC2)CN1. The fourth-order valence-corrected chi connectivity index (χ4v) is 3.62. The molecule has 4 rings (SSSR count). The van der Waals surface area contributed by atoms with E-state index >= 15 is 0 Å². The second-order valence-electron chi connectivity index (χ2n) is 6.88. The first-order valence-electron chi connectivity index (χ1n) is 8.74. The van der Waals surface area contributed by atoms with Gasteiger partial charge in [-0.3, -0.25) is 4.79 Å². The minimum Gasteiger partial charge on any atom is -0.486 e. The summed E-state index contributed by atoms with van der Waals surface area (Å²) in [6.07, 6.45) is 3.01. The molecule has 0 aliphatic carbocycles. The van der Waals surface area contributed by atoms with Crippen molar-refractivity contribution in [1.29, 1.82) is 0 Å². The fraction of sp³-hybridized carbons (Fsp3) is 0.611. The van der Waals surface area contributed by atoms with Gasteiger partial charge < -0.3 is 24.4 Å². The van der Waals surface area contributed by atoms with Gasteiger partial charge >= 0.3 is 0 Å². The molecule has 0 saturated carbocycles. The van der Waals surface area contributed by atoms with Gasteiger partial charge in [-0.15, -0.1) is 12.4 Å². The lowest BCUT2D eigenvalue weighted by Crippen LogP contribution is -2.57. The summed E-state index contributed by atoms with van der Waals surface area (Å²) in [7, 11) is 0. The van der Waals surface area contributed by atoms with E-state index in [2.05, 4.69) is 10.2 Å². The first-order valence-corrected chi connectivity index (χ1v) is 8.74. The van der Waals surface area contributed by atoms with Crippen LogP contribution in [0.4, 0.5) is 0 Å². The Labute approximate surface area is 154 Å². The van der Waals surface area contributed by atoms with Crippen LogP contribution < -0.4 is 14.8 Å². The molecule has 7 heteroatoms. The van der Waals surface area contributed by atoms with Crippen molar-refractivity contribution in [3.63, 3.8) is 0 Å². The number of benzene rings is 1. The van der Waals surface area contributed by atoms with Crippen LogP contribution in [0.3, 0.4) is 0 Å². The van der Waals surface area contributed by atoms with Crippen LogP contribution in [0.1, 0.15) is 19.3 Å². The smallest absolute Gasteiger partial charge is 0.246 e. The summed E-state index contributed by atoms with van der Waals surface area (Å²) in [6, 6.07) is 7.83. The molecule has 25 heavy (non-hydrogen) atoms. The highest BCUT2D eigenvalue weighted by atomic mass is 35.5. The van der Waals surface area contributed by atoms with Crippen LogP contribution in [-0.2, 0) is 9.53 Å². The number of amides is 1. The Hall–Kier alpha value is -1.50. The summed E-state index contributed by atoms with van der Waals surface area (Å²) in [5.74, 6) is 1.68. The van der Waals surface area contributed by atoms with Crippen molar-refractivity contribution in [1.82, 2.24) is 10.2 Å². The highest BCUT2D eigenvalue weighted by molar-refractivity contribution is 5.85. The first kappa shape index (κ1) is 18.3. The molecular weight excluding hydrogens is 344 g/mol. The maximum Gasteiger partial charge on any atom is 0.246 e. The van der Waals surface area contributed by atoms with Crippen molar-refractivity contribution >= 4 is 18.3 Å². The van der Waals surface area contributed by atoms with Gasteiger partial charge in [0.05, 0.1) is 5.60 Å². The number of piperidine rings is 1. The van der Waals surface area contributed by atoms with Crippen molar-refractivity contribution in [2.75, 3.05) is 39.4 Å². The molecule has 2 fully saturated rings. The van der Waals surface area contributed by atoms with Crippen LogP contribution in [0.5, 0.6) is 11.5 Å². The molecule has 2 saturated heterocycles. The molecule has 1 atom stereocenters. The lowest BCUT2D eigenvalue weighted by Gasteiger charge is -2.43. The van der Waals surface area contributed by atoms with Crippen LogP contribution in [0.15, 0.2) is 24.3 Å². The van der Waals surface area contributed by atoms with Crippen LogP contribution >= 0.6 is 12.4 Å². The molecule has 3 aliphatic heterocycles. The van der Waals surface area contributed by atoms with Crippen molar-refractivity contribution in [2.45, 2.75) is 31.0 Å². The fourth-order valence-electron chi connectivity index (χ4n) is 3.62. The molecule has 1 amide bonds. The van der Waals surface area contributed by atoms with E-state index in [4.69, 9.17) is 14.2 Å². The largest absolute Gasteiger partial charge is 0.486 e. The minimum atomic E-state index is -0.145. The van der Waals surface area contributed by atoms with Gasteiger partial charge in [0, 0.05) is 32.6 Å². The second kappa shape index (κ2) is 7.81. The summed E-state index contributed by atoms with van der Waals surface area (Å²) in [5, 5.41) is 2.93. The third kappa shape index (κ3) is 4.19. The number of nitrogens with one attached hydrogen (secondary N) is 1. The van der Waals surface area contributed by atoms with E-state index in [0.29, 0.717) is 13.2 Å². The number of rotatable bonds is 3. The highest BCUT2D eigenvalue weighted by Crippen LogP contribution is 2.32. The van der Waals surface area contributed by atoms with Gasteiger partial charge in [-0.25, -0.2) is 0 Å². The monoisotopic (exact) mass is 368 g/mol. The molecule has 0 aromatic heterocycles. The zero-order valence-corrected chi connectivity index (χ0v) is 15.1. The number of likely N-dealkylation sites (tertiary alicyclic amines) is 1. The number of morpholine rings is 1. The highest BCUT2D eigenvalue weighted by Gasteiger charge is 2.39. The van der Waals surface area contributed by atoms with Crippen molar-refractivity contribution in [3.05, 3.63) is 24.3 Å². The van der Waals surface area contributed by atoms with Gasteiger partial charge in [0.25, 0.3) is 0 Å². The molecule has 1 spiro atoms. The van der Waals surface area contributed by atoms with E-state index < -0.39 is 0 Å². The molecule has 1 aromatic rings. The maximum atomic E-state index is 11.2. The van der Waals surface area contributed by atoms with E-state index in [-0.39, 0.29) is 36.6 Å². The molecule has 1 N–H and O–H groups in total. The summed E-state index contributed by atoms with van der Waals surface area (Å²) in [4.78, 5) is 13.7. The van der Waals surface area contributed by atoms with E-state index in [9.17, 15) is 4.79 Å². The Morgan fingerprint density at radius 3 is 2.68 bits per heavy atom. The van der Waals surface area contributed by atoms with Crippen molar-refractivity contribution in [2.24, 2.45) is 0 Å². The van der Waals surface area contributed by atoms with Gasteiger partial charge in [-0.05, 0) is 25.0 Å². The van der Waals surface area contributed by atoms with Gasteiger partial charge in [0.15, 0.2) is 11.5 Å². The lowest BCUT2D eigenvalue weighted by molar-refractivity contribution is -0.150. The number of ether oxygens (including phenoxy) is 3. The van der Waals surface area contributed by atoms with Crippen LogP contribution in [0.2, 0.25) is 0 Å². The molecule has 1 aromatic carbocycles. The topological polar surface area (TPSA) is 60.0 Å². The molecule has 6 nitrogen and oxygen atoms in total. The van der Waals surface area contributed by atoms with Gasteiger partial charge in [0.2, 0.25) is 5.91 Å². The molecular formula is C18H25ClN2O4. The Kier molecular flexibility index (Phi) is 5.71. The summed E-state index contributed by atoms with van der Waals surface area (Å²) < 4.78 is 17.6. The van der Waals surface area contributed by atoms with E-state index in [1.165, 1.54) is 0 Å². The number of hydrogen-bond donors (Lipinski definition) is 1. The van der Waals surface area contributed by atoms with Crippen LogP contribution in [-0.4, -0.2) is 61.9 Å². The normalized spacial score (nSPS) is 25.1. The number of para-hydroxylation sites is 2. The molecule has 0 bridgehead atoms. The van der Waals surface area contributed by atoms with E-state index in [1.54, 1.807) is 0 Å². The van der Waals surface area contributed by atoms with Crippen molar-refractivity contribution < 1.29 is 19.0 Å². The van der Waals surface area contributed by atoms with Crippen LogP contribution in [0, 0.1) is 0 Å². The predicted octanol–water partition coefficient (Wildman–Crippen LogP) is 1.62. The van der Waals surface area contributed by atoms with Gasteiger partial charge in [-0.1, -0.05) is 12.1 Å². The number of carbonyl (C=O) groups excluding carboxylic acids is 1. The third-order valence-electron chi connectivity index (χ3n) is 5.22. The van der Waals surface area contributed by atoms with Gasteiger partial charge in [-0.2, -0.15) is 0 Å². The van der Waals surface area contributed by atoms with Crippen molar-refractivity contribution in [3.8, 4) is 11.5 Å². The Morgan fingerprint density at radius 2 is 1.96 bits per heavy atom. The molecule has 138 valence electrons. The van der Waals surface area contributed by atoms with Gasteiger partial charge in [0.1, 0.15) is 19.3 Å². The Balaban J connectivity index is 0.00000182. The number of fused-ring (bicyclic) bond motifs is 1. The van der Waals surface area contributed by atoms with Crippen LogP contribution in [0.25, 0.3) is 0 Å². The molecule has 3 heterocycles. The summed E-state index contributed by atoms with van der Waals surface area (Å²) in [6.45, 7) is 4.46. The molecule has 3 aliphatic rings. The summed E-state index contributed by atoms with van der Waals surface area (Å²) >= 11 is 0. The third-order valence-corrected chi connectivity index (χ3v) is 5.22. The molecule has 0 radical (unpaired) electrons. The maximum absolute atomic E-state index is 11.2. The standard InChI is InChI=1S/C18H24N2O4.ClH/c21-17-12-23-18(13-19-17)6-9-20(10-7-18)8-5-14-11-22-15-3-1-2-4-16(15)24-14;/h1-4,14H,5-13H2,(H,19,21);1H. The number of halogens is 1. The summed E-state index contributed by atoms with van der Waals surface area (Å²) in [5.41, 5.74) is -0.145. The predicted molar refractivity (Wildman–Crippen MR) is 95.6 cm³/mol. The number of nitrogens with zero attached hydrogens (tertiary/aromatic N) is 1. The van der Waals surface area contributed by atoms with E-state index in [0.717, 1.165) is 50.4 Å². The number of carbonyl (C=O) groups is 1. The minimum absolute atomic E-state index is 0. The zero-order valence-electron chi connectivity index (χ0n) is 14.2.